The van der Waals surface area contributed by atoms with Crippen LogP contribution in [0.1, 0.15) is 6.92 Å². The Balaban J connectivity index is 2.15. The van der Waals surface area contributed by atoms with E-state index in [1.807, 2.05) is 36.4 Å². The molecular formula is C15H14N2O3. The highest BCUT2D eigenvalue weighted by Crippen LogP contribution is 2.18. The van der Waals surface area contributed by atoms with E-state index in [1.165, 1.54) is 0 Å². The van der Waals surface area contributed by atoms with E-state index in [-0.39, 0.29) is 6.61 Å². The van der Waals surface area contributed by atoms with Crippen LogP contribution in [0.15, 0.2) is 48.5 Å². The Labute approximate surface area is 116 Å². The molecule has 1 amide bonds. The number of ether oxygens (including phenoxy) is 1. The van der Waals surface area contributed by atoms with Crippen molar-refractivity contribution in [2.24, 2.45) is 0 Å². The van der Waals surface area contributed by atoms with Crippen LogP contribution in [0.3, 0.4) is 0 Å². The Morgan fingerprint density at radius 2 is 1.85 bits per heavy atom. The van der Waals surface area contributed by atoms with Gasteiger partial charge < -0.3 is 10.1 Å². The fraction of sp³-hybridized carbons (Fsp3) is 0.133. The Hall–Kier alpha value is -2.69. The van der Waals surface area contributed by atoms with Gasteiger partial charge in [-0.1, -0.05) is 36.4 Å². The highest BCUT2D eigenvalue weighted by atomic mass is 16.5. The Morgan fingerprint density at radius 1 is 1.10 bits per heavy atom. The van der Waals surface area contributed by atoms with E-state index >= 15 is 0 Å². The van der Waals surface area contributed by atoms with Crippen molar-refractivity contribution in [3.63, 3.8) is 0 Å². The highest BCUT2D eigenvalue weighted by molar-refractivity contribution is 6.37. The number of carbonyl (C=O) groups excluding carboxylic acids is 2. The van der Waals surface area contributed by atoms with Crippen LogP contribution in [0.25, 0.3) is 11.3 Å². The Morgan fingerprint density at radius 3 is 2.55 bits per heavy atom. The summed E-state index contributed by atoms with van der Waals surface area (Å²) in [5.41, 5.74) is 1.65. The predicted octanol–water partition coefficient (Wildman–Crippen LogP) is 2.25. The maximum atomic E-state index is 11.5. The van der Waals surface area contributed by atoms with Crippen LogP contribution in [0.4, 0.5) is 5.82 Å². The standard InChI is InChI=1S/C15H14N2O3/c1-2-20-15(19)14(18)17-13-10-6-9-12(16-13)11-7-4-3-5-8-11/h3-10H,2H2,1H3,(H,16,17,18). The van der Waals surface area contributed by atoms with E-state index in [4.69, 9.17) is 0 Å². The summed E-state index contributed by atoms with van der Waals surface area (Å²) in [7, 11) is 0. The first-order chi connectivity index (χ1) is 9.70. The van der Waals surface area contributed by atoms with Crippen molar-refractivity contribution in [1.29, 1.82) is 0 Å². The predicted molar refractivity (Wildman–Crippen MR) is 74.9 cm³/mol. The van der Waals surface area contributed by atoms with E-state index in [0.29, 0.717) is 11.5 Å². The minimum absolute atomic E-state index is 0.156. The molecule has 0 radical (unpaired) electrons. The van der Waals surface area contributed by atoms with Gasteiger partial charge in [0.2, 0.25) is 0 Å². The molecule has 0 fully saturated rings. The molecule has 0 atom stereocenters. The molecule has 5 heteroatoms. The zero-order valence-electron chi connectivity index (χ0n) is 11.0. The second-order valence-corrected chi connectivity index (χ2v) is 3.95. The summed E-state index contributed by atoms with van der Waals surface area (Å²) in [6.45, 7) is 1.79. The molecule has 5 nitrogen and oxygen atoms in total. The second kappa shape index (κ2) is 6.47. The molecule has 0 saturated carbocycles. The summed E-state index contributed by atoms with van der Waals surface area (Å²) in [5.74, 6) is -1.44. The molecular weight excluding hydrogens is 256 g/mol. The van der Waals surface area contributed by atoms with Gasteiger partial charge in [0.05, 0.1) is 12.3 Å². The molecule has 1 aromatic heterocycles. The number of esters is 1. The fourth-order valence-electron chi connectivity index (χ4n) is 1.64. The lowest BCUT2D eigenvalue weighted by Gasteiger charge is -2.06. The van der Waals surface area contributed by atoms with Crippen molar-refractivity contribution >= 4 is 17.7 Å². The normalized spacial score (nSPS) is 9.85. The number of aromatic nitrogens is 1. The molecule has 2 aromatic rings. The lowest BCUT2D eigenvalue weighted by molar-refractivity contribution is -0.152. The highest BCUT2D eigenvalue weighted by Gasteiger charge is 2.15. The van der Waals surface area contributed by atoms with E-state index in [9.17, 15) is 9.59 Å². The Kier molecular flexibility index (Phi) is 4.44. The summed E-state index contributed by atoms with van der Waals surface area (Å²) in [5, 5.41) is 2.41. The van der Waals surface area contributed by atoms with E-state index in [0.717, 1.165) is 5.56 Å². The van der Waals surface area contributed by atoms with E-state index in [2.05, 4.69) is 15.0 Å². The zero-order chi connectivity index (χ0) is 14.4. The Bertz CT molecular complexity index is 612. The summed E-state index contributed by atoms with van der Waals surface area (Å²) < 4.78 is 4.61. The maximum absolute atomic E-state index is 11.5. The first kappa shape index (κ1) is 13.7. The third-order valence-electron chi connectivity index (χ3n) is 2.52. The quantitative estimate of drug-likeness (QED) is 0.686. The van der Waals surface area contributed by atoms with Gasteiger partial charge in [-0.05, 0) is 19.1 Å². The number of benzene rings is 1. The maximum Gasteiger partial charge on any atom is 0.397 e. The number of rotatable bonds is 3. The van der Waals surface area contributed by atoms with Gasteiger partial charge in [-0.3, -0.25) is 4.79 Å². The number of pyridine rings is 1. The van der Waals surface area contributed by atoms with Crippen molar-refractivity contribution in [2.45, 2.75) is 6.92 Å². The number of amides is 1. The zero-order valence-corrected chi connectivity index (χ0v) is 11.0. The third kappa shape index (κ3) is 3.41. The molecule has 1 N–H and O–H groups in total. The number of carbonyl (C=O) groups is 2. The van der Waals surface area contributed by atoms with Crippen LogP contribution in [0.2, 0.25) is 0 Å². The fourth-order valence-corrected chi connectivity index (χ4v) is 1.64. The van der Waals surface area contributed by atoms with Crippen LogP contribution in [0, 0.1) is 0 Å². The van der Waals surface area contributed by atoms with E-state index in [1.54, 1.807) is 19.1 Å². The SMILES string of the molecule is CCOC(=O)C(=O)Nc1cccc(-c2ccccc2)n1. The van der Waals surface area contributed by atoms with Crippen LogP contribution >= 0.6 is 0 Å². The first-order valence-corrected chi connectivity index (χ1v) is 6.21. The molecule has 2 rings (SSSR count). The average molecular weight is 270 g/mol. The van der Waals surface area contributed by atoms with Crippen molar-refractivity contribution in [3.05, 3.63) is 48.5 Å². The minimum Gasteiger partial charge on any atom is -0.459 e. The van der Waals surface area contributed by atoms with Gasteiger partial charge in [0.25, 0.3) is 0 Å². The molecule has 0 aliphatic rings. The van der Waals surface area contributed by atoms with Gasteiger partial charge in [0.15, 0.2) is 0 Å². The van der Waals surface area contributed by atoms with Crippen LogP contribution < -0.4 is 5.32 Å². The summed E-state index contributed by atoms with van der Waals surface area (Å²) in [6.07, 6.45) is 0. The lowest BCUT2D eigenvalue weighted by Crippen LogP contribution is -2.25. The van der Waals surface area contributed by atoms with E-state index < -0.39 is 11.9 Å². The van der Waals surface area contributed by atoms with Crippen LogP contribution in [-0.2, 0) is 14.3 Å². The van der Waals surface area contributed by atoms with Gasteiger partial charge in [0.1, 0.15) is 5.82 Å². The lowest BCUT2D eigenvalue weighted by atomic mass is 10.1. The number of hydrogen-bond acceptors (Lipinski definition) is 4. The topological polar surface area (TPSA) is 68.3 Å². The number of nitrogens with zero attached hydrogens (tertiary/aromatic N) is 1. The summed E-state index contributed by atoms with van der Waals surface area (Å²) in [6, 6.07) is 14.8. The molecule has 1 heterocycles. The molecule has 20 heavy (non-hydrogen) atoms. The number of anilines is 1. The molecule has 102 valence electrons. The minimum atomic E-state index is -0.917. The van der Waals surface area contributed by atoms with Gasteiger partial charge >= 0.3 is 11.9 Å². The molecule has 0 aliphatic carbocycles. The van der Waals surface area contributed by atoms with Crippen molar-refractivity contribution in [1.82, 2.24) is 4.98 Å². The summed E-state index contributed by atoms with van der Waals surface area (Å²) >= 11 is 0. The third-order valence-corrected chi connectivity index (χ3v) is 2.52. The number of hydrogen-bond donors (Lipinski definition) is 1. The monoisotopic (exact) mass is 270 g/mol. The molecule has 0 aliphatic heterocycles. The smallest absolute Gasteiger partial charge is 0.397 e. The van der Waals surface area contributed by atoms with Gasteiger partial charge in [-0.2, -0.15) is 0 Å². The van der Waals surface area contributed by atoms with Crippen LogP contribution in [0.5, 0.6) is 0 Å². The molecule has 0 saturated heterocycles. The molecule has 0 unspecified atom stereocenters. The molecule has 1 aromatic carbocycles. The average Bonchev–Trinajstić information content (AvgIpc) is 2.48. The molecule has 0 spiro atoms. The van der Waals surface area contributed by atoms with Gasteiger partial charge in [-0.25, -0.2) is 9.78 Å². The second-order valence-electron chi connectivity index (χ2n) is 3.95. The van der Waals surface area contributed by atoms with Crippen LogP contribution in [-0.4, -0.2) is 23.5 Å². The first-order valence-electron chi connectivity index (χ1n) is 6.21. The number of nitrogens with one attached hydrogen (secondary N) is 1. The van der Waals surface area contributed by atoms with Crippen molar-refractivity contribution in [2.75, 3.05) is 11.9 Å². The van der Waals surface area contributed by atoms with Crippen molar-refractivity contribution < 1.29 is 14.3 Å². The van der Waals surface area contributed by atoms with Crippen molar-refractivity contribution in [3.8, 4) is 11.3 Å². The molecule has 0 bridgehead atoms. The summed E-state index contributed by atoms with van der Waals surface area (Å²) in [4.78, 5) is 27.1. The van der Waals surface area contributed by atoms with Gasteiger partial charge in [0, 0.05) is 5.56 Å². The van der Waals surface area contributed by atoms with Gasteiger partial charge in [-0.15, -0.1) is 0 Å². The largest absolute Gasteiger partial charge is 0.459 e.